The molecule has 1 nitrogen and oxygen atoms in total. The van der Waals surface area contributed by atoms with Gasteiger partial charge in [0.25, 0.3) is 0 Å². The smallest absolute Gasteiger partial charge is 0.0431 e. The first kappa shape index (κ1) is 11.7. The second-order valence-electron chi connectivity index (χ2n) is 3.19. The van der Waals surface area contributed by atoms with Gasteiger partial charge in [-0.1, -0.05) is 38.3 Å². The van der Waals surface area contributed by atoms with Crippen molar-refractivity contribution >= 4 is 0 Å². The standard InChI is InChI=1S/C11H22O/c1-2-3-4-5-6-7-8-9-10-11-12/h4-5,12H,2-3,6-11H2,1H3/b5-4-. The zero-order chi connectivity index (χ0) is 9.07. The van der Waals surface area contributed by atoms with Gasteiger partial charge in [-0.25, -0.2) is 0 Å². The van der Waals surface area contributed by atoms with Crippen LogP contribution in [0.3, 0.4) is 0 Å². The van der Waals surface area contributed by atoms with E-state index in [1.54, 1.807) is 0 Å². The summed E-state index contributed by atoms with van der Waals surface area (Å²) in [6.45, 7) is 2.55. The maximum Gasteiger partial charge on any atom is 0.0431 e. The summed E-state index contributed by atoms with van der Waals surface area (Å²) in [4.78, 5) is 0. The van der Waals surface area contributed by atoms with Crippen molar-refractivity contribution in [2.75, 3.05) is 6.61 Å². The van der Waals surface area contributed by atoms with Crippen molar-refractivity contribution in [2.45, 2.75) is 51.9 Å². The summed E-state index contributed by atoms with van der Waals surface area (Å²) >= 11 is 0. The highest BCUT2D eigenvalue weighted by molar-refractivity contribution is 4.80. The van der Waals surface area contributed by atoms with Crippen molar-refractivity contribution in [3.63, 3.8) is 0 Å². The molecule has 0 aliphatic rings. The highest BCUT2D eigenvalue weighted by Crippen LogP contribution is 2.03. The van der Waals surface area contributed by atoms with Gasteiger partial charge in [-0.15, -0.1) is 0 Å². The van der Waals surface area contributed by atoms with Gasteiger partial charge < -0.3 is 5.11 Å². The van der Waals surface area contributed by atoms with E-state index in [-0.39, 0.29) is 0 Å². The van der Waals surface area contributed by atoms with Crippen LogP contribution in [0.4, 0.5) is 0 Å². The van der Waals surface area contributed by atoms with Gasteiger partial charge in [0.2, 0.25) is 0 Å². The van der Waals surface area contributed by atoms with Crippen LogP contribution in [-0.2, 0) is 0 Å². The van der Waals surface area contributed by atoms with E-state index in [0.29, 0.717) is 6.61 Å². The quantitative estimate of drug-likeness (QED) is 0.438. The summed E-state index contributed by atoms with van der Waals surface area (Å²) in [6.07, 6.45) is 12.9. The van der Waals surface area contributed by atoms with Crippen LogP contribution in [-0.4, -0.2) is 11.7 Å². The van der Waals surface area contributed by atoms with Crippen LogP contribution in [0.2, 0.25) is 0 Å². The van der Waals surface area contributed by atoms with Crippen LogP contribution < -0.4 is 0 Å². The summed E-state index contributed by atoms with van der Waals surface area (Å²) in [5.74, 6) is 0. The fraction of sp³-hybridized carbons (Fsp3) is 0.818. The first-order valence-electron chi connectivity index (χ1n) is 5.17. The molecule has 0 aliphatic heterocycles. The van der Waals surface area contributed by atoms with E-state index in [1.807, 2.05) is 0 Å². The summed E-state index contributed by atoms with van der Waals surface area (Å²) in [5.41, 5.74) is 0. The number of allylic oxidation sites excluding steroid dienone is 2. The Kier molecular flexibility index (Phi) is 10.4. The lowest BCUT2D eigenvalue weighted by Crippen LogP contribution is -1.82. The second-order valence-corrected chi connectivity index (χ2v) is 3.19. The molecule has 0 amide bonds. The third kappa shape index (κ3) is 9.70. The number of hydrogen-bond acceptors (Lipinski definition) is 1. The average molecular weight is 170 g/mol. The van der Waals surface area contributed by atoms with Gasteiger partial charge >= 0.3 is 0 Å². The Balaban J connectivity index is 2.90. The van der Waals surface area contributed by atoms with Crippen molar-refractivity contribution in [1.82, 2.24) is 0 Å². The summed E-state index contributed by atoms with van der Waals surface area (Å²) in [5, 5.41) is 8.52. The number of rotatable bonds is 8. The maximum absolute atomic E-state index is 8.52. The molecule has 0 aliphatic carbocycles. The third-order valence-corrected chi connectivity index (χ3v) is 1.90. The van der Waals surface area contributed by atoms with Gasteiger partial charge in [0, 0.05) is 6.61 Å². The molecule has 0 fully saturated rings. The van der Waals surface area contributed by atoms with Gasteiger partial charge in [0.05, 0.1) is 0 Å². The van der Waals surface area contributed by atoms with Crippen molar-refractivity contribution in [3.05, 3.63) is 12.2 Å². The Morgan fingerprint density at radius 2 is 1.58 bits per heavy atom. The Hall–Kier alpha value is -0.300. The Labute approximate surface area is 76.5 Å². The number of aliphatic hydroxyl groups excluding tert-OH is 1. The minimum Gasteiger partial charge on any atom is -0.396 e. The van der Waals surface area contributed by atoms with E-state index in [0.717, 1.165) is 6.42 Å². The van der Waals surface area contributed by atoms with Crippen molar-refractivity contribution in [1.29, 1.82) is 0 Å². The molecule has 0 spiro atoms. The highest BCUT2D eigenvalue weighted by atomic mass is 16.2. The van der Waals surface area contributed by atoms with E-state index >= 15 is 0 Å². The van der Waals surface area contributed by atoms with E-state index in [4.69, 9.17) is 5.11 Å². The zero-order valence-corrected chi connectivity index (χ0v) is 8.26. The molecule has 0 aromatic rings. The molecule has 0 aromatic carbocycles. The minimum atomic E-state index is 0.353. The second kappa shape index (κ2) is 10.7. The molecule has 0 saturated heterocycles. The third-order valence-electron chi connectivity index (χ3n) is 1.90. The zero-order valence-electron chi connectivity index (χ0n) is 8.26. The monoisotopic (exact) mass is 170 g/mol. The molecule has 0 rings (SSSR count). The molecule has 1 N–H and O–H groups in total. The van der Waals surface area contributed by atoms with Crippen molar-refractivity contribution in [3.8, 4) is 0 Å². The van der Waals surface area contributed by atoms with Crippen LogP contribution in [0.5, 0.6) is 0 Å². The molecular formula is C11H22O. The molecule has 0 bridgehead atoms. The molecule has 0 unspecified atom stereocenters. The minimum absolute atomic E-state index is 0.353. The van der Waals surface area contributed by atoms with Crippen LogP contribution in [0.1, 0.15) is 51.9 Å². The lowest BCUT2D eigenvalue weighted by molar-refractivity contribution is 0.282. The lowest BCUT2D eigenvalue weighted by atomic mass is 10.1. The molecule has 0 saturated carbocycles. The molecule has 0 radical (unpaired) electrons. The van der Waals surface area contributed by atoms with E-state index < -0.39 is 0 Å². The molecule has 0 heterocycles. The lowest BCUT2D eigenvalue weighted by Gasteiger charge is -1.95. The Morgan fingerprint density at radius 3 is 2.25 bits per heavy atom. The van der Waals surface area contributed by atoms with Crippen LogP contribution >= 0.6 is 0 Å². The van der Waals surface area contributed by atoms with Gasteiger partial charge in [0.1, 0.15) is 0 Å². The predicted molar refractivity (Wildman–Crippen MR) is 54.2 cm³/mol. The molecular weight excluding hydrogens is 148 g/mol. The molecule has 0 atom stereocenters. The Morgan fingerprint density at radius 1 is 0.917 bits per heavy atom. The molecule has 12 heavy (non-hydrogen) atoms. The van der Waals surface area contributed by atoms with Gasteiger partial charge in [-0.3, -0.25) is 0 Å². The van der Waals surface area contributed by atoms with Crippen LogP contribution in [0.15, 0.2) is 12.2 Å². The maximum atomic E-state index is 8.52. The first-order valence-corrected chi connectivity index (χ1v) is 5.17. The fourth-order valence-electron chi connectivity index (χ4n) is 1.13. The Bertz CT molecular complexity index is 97.2. The van der Waals surface area contributed by atoms with Crippen LogP contribution in [0, 0.1) is 0 Å². The summed E-state index contributed by atoms with van der Waals surface area (Å²) in [6, 6.07) is 0. The molecule has 72 valence electrons. The summed E-state index contributed by atoms with van der Waals surface area (Å²) in [7, 11) is 0. The normalized spacial score (nSPS) is 11.2. The first-order chi connectivity index (χ1) is 5.91. The summed E-state index contributed by atoms with van der Waals surface area (Å²) < 4.78 is 0. The van der Waals surface area contributed by atoms with Crippen LogP contribution in [0.25, 0.3) is 0 Å². The van der Waals surface area contributed by atoms with E-state index in [2.05, 4.69) is 19.1 Å². The fourth-order valence-corrected chi connectivity index (χ4v) is 1.13. The average Bonchev–Trinajstić information content (AvgIpc) is 2.10. The van der Waals surface area contributed by atoms with Gasteiger partial charge in [-0.2, -0.15) is 0 Å². The van der Waals surface area contributed by atoms with E-state index in [1.165, 1.54) is 38.5 Å². The number of hydrogen-bond donors (Lipinski definition) is 1. The van der Waals surface area contributed by atoms with Gasteiger partial charge in [-0.05, 0) is 25.7 Å². The van der Waals surface area contributed by atoms with Crippen molar-refractivity contribution < 1.29 is 5.11 Å². The number of aliphatic hydroxyl groups is 1. The van der Waals surface area contributed by atoms with Crippen molar-refractivity contribution in [2.24, 2.45) is 0 Å². The largest absolute Gasteiger partial charge is 0.396 e. The number of unbranched alkanes of at least 4 members (excludes halogenated alkanes) is 5. The predicted octanol–water partition coefficient (Wildman–Crippen LogP) is 3.29. The molecule has 1 heteroatoms. The topological polar surface area (TPSA) is 20.2 Å². The van der Waals surface area contributed by atoms with Gasteiger partial charge in [0.15, 0.2) is 0 Å². The highest BCUT2D eigenvalue weighted by Gasteiger charge is 1.86. The SMILES string of the molecule is CCC/C=C\CCCCCCO. The molecule has 0 aromatic heterocycles. The van der Waals surface area contributed by atoms with E-state index in [9.17, 15) is 0 Å².